The van der Waals surface area contributed by atoms with Gasteiger partial charge in [0.2, 0.25) is 0 Å². The molecule has 8 heteroatoms. The summed E-state index contributed by atoms with van der Waals surface area (Å²) in [7, 11) is 1.63. The number of ether oxygens (including phenoxy) is 1. The Bertz CT molecular complexity index is 789. The fraction of sp³-hybridized carbons (Fsp3) is 0.500. The van der Waals surface area contributed by atoms with Crippen molar-refractivity contribution in [3.8, 4) is 0 Å². The zero-order valence-corrected chi connectivity index (χ0v) is 14.6. The molecular weight excluding hydrogens is 312 g/mol. The van der Waals surface area contributed by atoms with E-state index in [0.29, 0.717) is 30.1 Å². The van der Waals surface area contributed by atoms with Gasteiger partial charge in [-0.25, -0.2) is 0 Å². The molecule has 0 aliphatic heterocycles. The van der Waals surface area contributed by atoms with Crippen molar-refractivity contribution in [1.29, 1.82) is 0 Å². The monoisotopic (exact) mass is 334 g/mol. The Kier molecular flexibility index (Phi) is 5.18. The summed E-state index contributed by atoms with van der Waals surface area (Å²) in [6.45, 7) is 8.22. The van der Waals surface area contributed by atoms with Crippen LogP contribution in [0.25, 0.3) is 0 Å². The Morgan fingerprint density at radius 3 is 2.50 bits per heavy atom. The van der Waals surface area contributed by atoms with E-state index in [2.05, 4.69) is 5.10 Å². The van der Waals surface area contributed by atoms with E-state index in [1.807, 2.05) is 24.5 Å². The lowest BCUT2D eigenvalue weighted by atomic mass is 10.1. The number of hydrogen-bond donors (Lipinski definition) is 0. The molecule has 0 aliphatic rings. The van der Waals surface area contributed by atoms with Crippen molar-refractivity contribution in [1.82, 2.24) is 14.3 Å². The first-order chi connectivity index (χ1) is 11.3. The lowest BCUT2D eigenvalue weighted by molar-refractivity contribution is -0.386. The van der Waals surface area contributed by atoms with Gasteiger partial charge < -0.3 is 9.30 Å². The van der Waals surface area contributed by atoms with E-state index < -0.39 is 4.92 Å². The highest BCUT2D eigenvalue weighted by molar-refractivity contribution is 5.97. The number of carbonyl (C=O) groups is 1. The lowest BCUT2D eigenvalue weighted by Gasteiger charge is -2.09. The van der Waals surface area contributed by atoms with Crippen LogP contribution in [0.4, 0.5) is 5.69 Å². The third kappa shape index (κ3) is 3.23. The molecule has 8 nitrogen and oxygen atoms in total. The van der Waals surface area contributed by atoms with Gasteiger partial charge in [-0.1, -0.05) is 0 Å². The Labute approximate surface area is 140 Å². The minimum absolute atomic E-state index is 0.0188. The highest BCUT2D eigenvalue weighted by Crippen LogP contribution is 2.23. The molecule has 2 heterocycles. The Morgan fingerprint density at radius 1 is 1.29 bits per heavy atom. The molecule has 0 amide bonds. The van der Waals surface area contributed by atoms with Gasteiger partial charge in [-0.3, -0.25) is 19.6 Å². The number of Topliss-reactive ketones (excluding diaryl/α,β-unsaturated/α-hetero) is 1. The largest absolute Gasteiger partial charge is 0.383 e. The summed E-state index contributed by atoms with van der Waals surface area (Å²) < 4.78 is 8.52. The van der Waals surface area contributed by atoms with Crippen LogP contribution >= 0.6 is 0 Å². The number of carbonyl (C=O) groups excluding carboxylic acids is 1. The standard InChI is InChI=1S/C16H22N4O4/c1-10-8-14(12(3)18(10)6-7-24-5)15(21)9-19-13(4)16(20(22)23)11(2)17-19/h8H,6-7,9H2,1-5H3. The van der Waals surface area contributed by atoms with Crippen LogP contribution < -0.4 is 0 Å². The van der Waals surface area contributed by atoms with E-state index >= 15 is 0 Å². The molecule has 0 saturated carbocycles. The molecule has 2 aromatic rings. The fourth-order valence-corrected chi connectivity index (χ4v) is 2.94. The van der Waals surface area contributed by atoms with Crippen LogP contribution in [0.1, 0.15) is 33.1 Å². The second-order valence-corrected chi connectivity index (χ2v) is 5.79. The number of aryl methyl sites for hydroxylation is 2. The zero-order chi connectivity index (χ0) is 18.0. The fourth-order valence-electron chi connectivity index (χ4n) is 2.94. The first-order valence-electron chi connectivity index (χ1n) is 7.65. The summed E-state index contributed by atoms with van der Waals surface area (Å²) in [5, 5.41) is 15.2. The SMILES string of the molecule is COCCn1c(C)cc(C(=O)Cn2nc(C)c([N+](=O)[O-])c2C)c1C. The molecule has 130 valence electrons. The molecule has 0 aliphatic carbocycles. The van der Waals surface area contributed by atoms with Crippen molar-refractivity contribution in [2.45, 2.75) is 40.8 Å². The Morgan fingerprint density at radius 2 is 1.96 bits per heavy atom. The molecule has 2 aromatic heterocycles. The summed E-state index contributed by atoms with van der Waals surface area (Å²) in [4.78, 5) is 23.2. The van der Waals surface area contributed by atoms with Gasteiger partial charge in [0.25, 0.3) is 0 Å². The highest BCUT2D eigenvalue weighted by atomic mass is 16.6. The lowest BCUT2D eigenvalue weighted by Crippen LogP contribution is -2.14. The number of nitro groups is 1. The van der Waals surface area contributed by atoms with Crippen molar-refractivity contribution in [3.05, 3.63) is 44.5 Å². The van der Waals surface area contributed by atoms with Crippen LogP contribution in [0, 0.1) is 37.8 Å². The molecule has 0 aromatic carbocycles. The van der Waals surface area contributed by atoms with Crippen LogP contribution in [0.3, 0.4) is 0 Å². The number of aromatic nitrogens is 3. The Balaban J connectivity index is 2.28. The number of ketones is 1. The third-order valence-corrected chi connectivity index (χ3v) is 4.21. The Hall–Kier alpha value is -2.48. The van der Waals surface area contributed by atoms with E-state index in [1.165, 1.54) is 4.68 Å². The molecule has 0 radical (unpaired) electrons. The second-order valence-electron chi connectivity index (χ2n) is 5.79. The molecule has 0 spiro atoms. The maximum atomic E-state index is 12.6. The van der Waals surface area contributed by atoms with E-state index in [1.54, 1.807) is 21.0 Å². The highest BCUT2D eigenvalue weighted by Gasteiger charge is 2.24. The van der Waals surface area contributed by atoms with Gasteiger partial charge in [0.05, 0.1) is 11.5 Å². The van der Waals surface area contributed by atoms with Gasteiger partial charge >= 0.3 is 5.69 Å². The first-order valence-corrected chi connectivity index (χ1v) is 7.65. The number of nitrogens with zero attached hydrogens (tertiary/aromatic N) is 4. The molecule has 24 heavy (non-hydrogen) atoms. The van der Waals surface area contributed by atoms with E-state index in [0.717, 1.165) is 11.4 Å². The van der Waals surface area contributed by atoms with Crippen molar-refractivity contribution in [3.63, 3.8) is 0 Å². The minimum Gasteiger partial charge on any atom is -0.383 e. The predicted octanol–water partition coefficient (Wildman–Crippen LogP) is 2.36. The molecular formula is C16H22N4O4. The summed E-state index contributed by atoms with van der Waals surface area (Å²) in [5.74, 6) is -0.118. The topological polar surface area (TPSA) is 92.2 Å². The summed E-state index contributed by atoms with van der Waals surface area (Å²) >= 11 is 0. The molecule has 0 saturated heterocycles. The smallest absolute Gasteiger partial charge is 0.312 e. The van der Waals surface area contributed by atoms with Crippen molar-refractivity contribution >= 4 is 11.5 Å². The van der Waals surface area contributed by atoms with Gasteiger partial charge in [0.15, 0.2) is 5.78 Å². The van der Waals surface area contributed by atoms with Crippen LogP contribution in [0.15, 0.2) is 6.07 Å². The molecule has 0 atom stereocenters. The van der Waals surface area contributed by atoms with Crippen molar-refractivity contribution in [2.75, 3.05) is 13.7 Å². The molecule has 0 N–H and O–H groups in total. The number of methoxy groups -OCH3 is 1. The first kappa shape index (κ1) is 17.9. The van der Waals surface area contributed by atoms with Crippen LogP contribution in [0.5, 0.6) is 0 Å². The second kappa shape index (κ2) is 6.96. The number of rotatable bonds is 7. The zero-order valence-electron chi connectivity index (χ0n) is 14.6. The molecule has 0 fully saturated rings. The van der Waals surface area contributed by atoms with E-state index in [4.69, 9.17) is 4.74 Å². The third-order valence-electron chi connectivity index (χ3n) is 4.21. The van der Waals surface area contributed by atoms with Gasteiger partial charge in [-0.15, -0.1) is 0 Å². The average molecular weight is 334 g/mol. The minimum atomic E-state index is -0.463. The summed E-state index contributed by atoms with van der Waals surface area (Å²) in [6, 6.07) is 1.84. The quantitative estimate of drug-likeness (QED) is 0.440. The summed E-state index contributed by atoms with van der Waals surface area (Å²) in [6.07, 6.45) is 0. The predicted molar refractivity (Wildman–Crippen MR) is 88.5 cm³/mol. The number of hydrogen-bond acceptors (Lipinski definition) is 5. The van der Waals surface area contributed by atoms with Crippen molar-refractivity contribution < 1.29 is 14.5 Å². The molecule has 0 unspecified atom stereocenters. The van der Waals surface area contributed by atoms with Crippen molar-refractivity contribution in [2.24, 2.45) is 0 Å². The van der Waals surface area contributed by atoms with Gasteiger partial charge in [0.1, 0.15) is 17.9 Å². The van der Waals surface area contributed by atoms with E-state index in [-0.39, 0.29) is 18.0 Å². The molecule has 2 rings (SSSR count). The van der Waals surface area contributed by atoms with Crippen LogP contribution in [-0.4, -0.2) is 38.8 Å². The van der Waals surface area contributed by atoms with Crippen LogP contribution in [-0.2, 0) is 17.8 Å². The average Bonchev–Trinajstić information content (AvgIpc) is 2.94. The molecule has 0 bridgehead atoms. The maximum Gasteiger partial charge on any atom is 0.312 e. The summed E-state index contributed by atoms with van der Waals surface area (Å²) in [5.41, 5.74) is 3.12. The van der Waals surface area contributed by atoms with Gasteiger partial charge in [0, 0.05) is 30.6 Å². The normalized spacial score (nSPS) is 11.0. The maximum absolute atomic E-state index is 12.6. The van der Waals surface area contributed by atoms with E-state index in [9.17, 15) is 14.9 Å². The van der Waals surface area contributed by atoms with Gasteiger partial charge in [-0.2, -0.15) is 5.10 Å². The van der Waals surface area contributed by atoms with Crippen LogP contribution in [0.2, 0.25) is 0 Å². The van der Waals surface area contributed by atoms with Gasteiger partial charge in [-0.05, 0) is 33.8 Å².